The van der Waals surface area contributed by atoms with Crippen LogP contribution >= 0.6 is 0 Å². The van der Waals surface area contributed by atoms with Gasteiger partial charge in [0.15, 0.2) is 0 Å². The highest BCUT2D eigenvalue weighted by atomic mass is 16.5. The minimum absolute atomic E-state index is 0.197. The number of amides is 1. The fraction of sp³-hybridized carbons (Fsp3) is 0.400. The number of aryl methyl sites for hydroxylation is 2. The van der Waals surface area contributed by atoms with Crippen molar-refractivity contribution in [3.05, 3.63) is 35.7 Å². The van der Waals surface area contributed by atoms with Crippen molar-refractivity contribution in [1.29, 1.82) is 0 Å². The van der Waals surface area contributed by atoms with E-state index < -0.39 is 0 Å². The Morgan fingerprint density at radius 3 is 3.00 bits per heavy atom. The highest BCUT2D eigenvalue weighted by Crippen LogP contribution is 2.17. The molecule has 0 saturated heterocycles. The van der Waals surface area contributed by atoms with Crippen molar-refractivity contribution < 1.29 is 9.53 Å². The van der Waals surface area contributed by atoms with E-state index in [1.54, 1.807) is 24.5 Å². The van der Waals surface area contributed by atoms with E-state index in [1.165, 1.54) is 7.11 Å². The van der Waals surface area contributed by atoms with Gasteiger partial charge in [0.2, 0.25) is 5.88 Å². The van der Waals surface area contributed by atoms with Crippen molar-refractivity contribution in [2.45, 2.75) is 33.2 Å². The molecule has 6 nitrogen and oxygen atoms in total. The summed E-state index contributed by atoms with van der Waals surface area (Å²) in [6, 6.07) is 3.26. The summed E-state index contributed by atoms with van der Waals surface area (Å²) in [6.45, 7) is 4.84. The minimum atomic E-state index is -0.197. The third kappa shape index (κ3) is 3.59. The Balaban J connectivity index is 2.17. The van der Waals surface area contributed by atoms with Crippen molar-refractivity contribution in [3.8, 4) is 5.88 Å². The van der Waals surface area contributed by atoms with Crippen LogP contribution < -0.4 is 10.1 Å². The number of methoxy groups -OCH3 is 1. The molecule has 2 heterocycles. The van der Waals surface area contributed by atoms with Gasteiger partial charge in [-0.25, -0.2) is 9.67 Å². The van der Waals surface area contributed by atoms with Crippen molar-refractivity contribution in [2.75, 3.05) is 12.4 Å². The van der Waals surface area contributed by atoms with E-state index >= 15 is 0 Å². The van der Waals surface area contributed by atoms with Gasteiger partial charge in [-0.05, 0) is 19.4 Å². The van der Waals surface area contributed by atoms with Gasteiger partial charge in [-0.3, -0.25) is 4.79 Å². The molecule has 0 aliphatic heterocycles. The van der Waals surface area contributed by atoms with Crippen LogP contribution in [0.2, 0.25) is 0 Å². The third-order valence-electron chi connectivity index (χ3n) is 3.18. The van der Waals surface area contributed by atoms with Crippen molar-refractivity contribution in [3.63, 3.8) is 0 Å². The van der Waals surface area contributed by atoms with E-state index in [9.17, 15) is 4.79 Å². The highest BCUT2D eigenvalue weighted by Gasteiger charge is 2.13. The van der Waals surface area contributed by atoms with Crippen molar-refractivity contribution in [2.24, 2.45) is 0 Å². The molecule has 0 radical (unpaired) electrons. The van der Waals surface area contributed by atoms with E-state index in [4.69, 9.17) is 4.74 Å². The van der Waals surface area contributed by atoms with Crippen LogP contribution in [0.25, 0.3) is 0 Å². The number of anilines is 1. The van der Waals surface area contributed by atoms with Gasteiger partial charge in [-0.1, -0.05) is 13.3 Å². The smallest absolute Gasteiger partial charge is 0.257 e. The third-order valence-corrected chi connectivity index (χ3v) is 3.18. The average molecular weight is 288 g/mol. The minimum Gasteiger partial charge on any atom is -0.481 e. The van der Waals surface area contributed by atoms with Gasteiger partial charge in [-0.15, -0.1) is 0 Å². The van der Waals surface area contributed by atoms with Gasteiger partial charge in [0, 0.05) is 29.9 Å². The van der Waals surface area contributed by atoms with Crippen LogP contribution in [-0.2, 0) is 6.54 Å². The molecule has 0 atom stereocenters. The lowest BCUT2D eigenvalue weighted by Crippen LogP contribution is -2.16. The maximum Gasteiger partial charge on any atom is 0.257 e. The second-order valence-corrected chi connectivity index (χ2v) is 4.79. The maximum atomic E-state index is 12.3. The van der Waals surface area contributed by atoms with Gasteiger partial charge in [-0.2, -0.15) is 5.10 Å². The number of ether oxygens (including phenoxy) is 1. The van der Waals surface area contributed by atoms with Crippen molar-refractivity contribution in [1.82, 2.24) is 14.8 Å². The molecule has 0 spiro atoms. The summed E-state index contributed by atoms with van der Waals surface area (Å²) >= 11 is 0. The van der Waals surface area contributed by atoms with Gasteiger partial charge < -0.3 is 10.1 Å². The van der Waals surface area contributed by atoms with E-state index in [2.05, 4.69) is 22.3 Å². The van der Waals surface area contributed by atoms with Crippen LogP contribution in [-0.4, -0.2) is 27.8 Å². The van der Waals surface area contributed by atoms with Crippen LogP contribution in [0.3, 0.4) is 0 Å². The Hall–Kier alpha value is -2.37. The number of carbonyl (C=O) groups excluding carboxylic acids is 1. The second-order valence-electron chi connectivity index (χ2n) is 4.79. The van der Waals surface area contributed by atoms with E-state index in [1.807, 2.05) is 11.6 Å². The predicted octanol–water partition coefficient (Wildman–Crippen LogP) is 2.65. The summed E-state index contributed by atoms with van der Waals surface area (Å²) in [7, 11) is 1.52. The van der Waals surface area contributed by atoms with Crippen LogP contribution in [0.4, 0.5) is 5.82 Å². The fourth-order valence-electron chi connectivity index (χ4n) is 1.96. The molecule has 2 aromatic rings. The topological polar surface area (TPSA) is 69.0 Å². The summed E-state index contributed by atoms with van der Waals surface area (Å²) in [6.07, 6.45) is 5.41. The summed E-state index contributed by atoms with van der Waals surface area (Å²) in [4.78, 5) is 16.3. The number of aromatic nitrogens is 3. The molecule has 6 heteroatoms. The van der Waals surface area contributed by atoms with Crippen LogP contribution in [0, 0.1) is 6.92 Å². The predicted molar refractivity (Wildman–Crippen MR) is 80.6 cm³/mol. The SMILES string of the molecule is CCCCn1ncc(C)c1NC(=O)c1ccnc(OC)c1. The monoisotopic (exact) mass is 288 g/mol. The number of pyridine rings is 1. The van der Waals surface area contributed by atoms with Crippen LogP contribution in [0.1, 0.15) is 35.7 Å². The largest absolute Gasteiger partial charge is 0.481 e. The molecular weight excluding hydrogens is 268 g/mol. The van der Waals surface area contributed by atoms with E-state index in [0.717, 1.165) is 30.8 Å². The molecule has 1 N–H and O–H groups in total. The second kappa shape index (κ2) is 6.88. The van der Waals surface area contributed by atoms with Crippen molar-refractivity contribution >= 4 is 11.7 Å². The van der Waals surface area contributed by atoms with Crippen LogP contribution in [0.15, 0.2) is 24.5 Å². The molecule has 0 aromatic carbocycles. The van der Waals surface area contributed by atoms with E-state index in [-0.39, 0.29) is 5.91 Å². The molecule has 1 amide bonds. The molecule has 0 unspecified atom stereocenters. The molecule has 0 aliphatic rings. The number of nitrogens with zero attached hydrogens (tertiary/aromatic N) is 3. The Bertz CT molecular complexity index is 622. The van der Waals surface area contributed by atoms with Gasteiger partial charge in [0.05, 0.1) is 13.3 Å². The molecule has 21 heavy (non-hydrogen) atoms. The normalized spacial score (nSPS) is 10.4. The van der Waals surface area contributed by atoms with Gasteiger partial charge in [0.25, 0.3) is 5.91 Å². The molecule has 112 valence electrons. The first-order valence-electron chi connectivity index (χ1n) is 6.99. The zero-order chi connectivity index (χ0) is 15.2. The quantitative estimate of drug-likeness (QED) is 0.887. The Morgan fingerprint density at radius 2 is 2.29 bits per heavy atom. The van der Waals surface area contributed by atoms with Gasteiger partial charge >= 0.3 is 0 Å². The zero-order valence-electron chi connectivity index (χ0n) is 12.6. The molecule has 2 aromatic heterocycles. The number of nitrogens with one attached hydrogen (secondary N) is 1. The molecule has 2 rings (SSSR count). The average Bonchev–Trinajstić information content (AvgIpc) is 2.85. The summed E-state index contributed by atoms with van der Waals surface area (Å²) in [5, 5.41) is 7.21. The van der Waals surface area contributed by atoms with Gasteiger partial charge in [0.1, 0.15) is 5.82 Å². The molecule has 0 aliphatic carbocycles. The Labute approximate surface area is 124 Å². The summed E-state index contributed by atoms with van der Waals surface area (Å²) in [5.41, 5.74) is 1.45. The fourth-order valence-corrected chi connectivity index (χ4v) is 1.96. The first-order chi connectivity index (χ1) is 10.2. The first-order valence-corrected chi connectivity index (χ1v) is 6.99. The number of unbranched alkanes of at least 4 members (excludes halogenated alkanes) is 1. The Kier molecular flexibility index (Phi) is 4.92. The standard InChI is InChI=1S/C15H20N4O2/c1-4-5-8-19-14(11(2)10-17-19)18-15(20)12-6-7-16-13(9-12)21-3/h6-7,9-10H,4-5,8H2,1-3H3,(H,18,20). The molecule has 0 fully saturated rings. The lowest BCUT2D eigenvalue weighted by Gasteiger charge is -2.10. The number of hydrogen-bond acceptors (Lipinski definition) is 4. The molecular formula is C15H20N4O2. The zero-order valence-corrected chi connectivity index (χ0v) is 12.6. The first kappa shape index (κ1) is 15.0. The molecule has 0 bridgehead atoms. The maximum absolute atomic E-state index is 12.3. The number of rotatable bonds is 6. The van der Waals surface area contributed by atoms with E-state index in [0.29, 0.717) is 11.4 Å². The highest BCUT2D eigenvalue weighted by molar-refractivity contribution is 6.04. The summed E-state index contributed by atoms with van der Waals surface area (Å²) < 4.78 is 6.86. The van der Waals surface area contributed by atoms with Crippen LogP contribution in [0.5, 0.6) is 5.88 Å². The number of carbonyl (C=O) groups is 1. The number of hydrogen-bond donors (Lipinski definition) is 1. The lowest BCUT2D eigenvalue weighted by atomic mass is 10.2. The molecule has 0 saturated carbocycles. The Morgan fingerprint density at radius 1 is 1.48 bits per heavy atom. The summed E-state index contributed by atoms with van der Waals surface area (Å²) in [5.74, 6) is 0.958. The lowest BCUT2D eigenvalue weighted by molar-refractivity contribution is 0.102.